The van der Waals surface area contributed by atoms with Crippen LogP contribution in [0.3, 0.4) is 0 Å². The van der Waals surface area contributed by atoms with Crippen molar-refractivity contribution in [3.63, 3.8) is 0 Å². The van der Waals surface area contributed by atoms with Crippen LogP contribution in [0.15, 0.2) is 77.8 Å². The number of amides is 2. The summed E-state index contributed by atoms with van der Waals surface area (Å²) in [6.07, 6.45) is 4.39. The quantitative estimate of drug-likeness (QED) is 0.135. The van der Waals surface area contributed by atoms with Crippen LogP contribution in [-0.4, -0.2) is 53.1 Å². The number of aliphatic imine (C=N–C) groups is 1. The number of nitrogens with one attached hydrogen (secondary N) is 1. The van der Waals surface area contributed by atoms with Crippen molar-refractivity contribution in [3.8, 4) is 0 Å². The number of imidazole rings is 1. The van der Waals surface area contributed by atoms with Crippen LogP contribution in [0.5, 0.6) is 0 Å². The maximum absolute atomic E-state index is 13.6. The number of amidine groups is 1. The van der Waals surface area contributed by atoms with Crippen molar-refractivity contribution < 1.29 is 23.9 Å². The zero-order valence-electron chi connectivity index (χ0n) is 25.6. The molecular weight excluding hydrogens is 572 g/mol. The van der Waals surface area contributed by atoms with Gasteiger partial charge in [0.05, 0.1) is 31.1 Å². The van der Waals surface area contributed by atoms with Crippen molar-refractivity contribution in [2.45, 2.75) is 51.2 Å². The van der Waals surface area contributed by atoms with Gasteiger partial charge in [0.1, 0.15) is 17.8 Å². The van der Waals surface area contributed by atoms with E-state index in [1.165, 1.54) is 13.5 Å². The third-order valence-electron chi connectivity index (χ3n) is 7.96. The molecule has 5 rings (SSSR count). The number of methoxy groups -OCH3 is 1. The number of aryl methyl sites for hydroxylation is 1. The number of hydrogen-bond donors (Lipinski definition) is 2. The van der Waals surface area contributed by atoms with Crippen LogP contribution in [0.2, 0.25) is 0 Å². The lowest BCUT2D eigenvalue weighted by molar-refractivity contribution is -0.140. The monoisotopic (exact) mass is 610 g/mol. The van der Waals surface area contributed by atoms with Gasteiger partial charge < -0.3 is 30.0 Å². The minimum Gasteiger partial charge on any atom is -0.469 e. The Kier molecular flexibility index (Phi) is 10.1. The van der Waals surface area contributed by atoms with Crippen LogP contribution in [0.25, 0.3) is 11.0 Å². The summed E-state index contributed by atoms with van der Waals surface area (Å²) in [6, 6.07) is 21.9. The van der Waals surface area contributed by atoms with Crippen molar-refractivity contribution in [3.05, 3.63) is 89.7 Å². The van der Waals surface area contributed by atoms with E-state index in [4.69, 9.17) is 20.2 Å². The fraction of sp³-hybridized carbons (Fsp3) is 0.324. The first kappa shape index (κ1) is 31.2. The maximum Gasteiger partial charge on any atom is 0.435 e. The lowest BCUT2D eigenvalue weighted by atomic mass is 9.98. The first-order chi connectivity index (χ1) is 21.8. The summed E-state index contributed by atoms with van der Waals surface area (Å²) >= 11 is 0. The van der Waals surface area contributed by atoms with E-state index < -0.39 is 6.09 Å². The summed E-state index contributed by atoms with van der Waals surface area (Å²) < 4.78 is 12.2. The molecule has 234 valence electrons. The molecule has 11 heteroatoms. The summed E-state index contributed by atoms with van der Waals surface area (Å²) in [7, 11) is 3.25. The van der Waals surface area contributed by atoms with Gasteiger partial charge in [-0.2, -0.15) is 4.99 Å². The highest BCUT2D eigenvalue weighted by Crippen LogP contribution is 2.23. The van der Waals surface area contributed by atoms with E-state index in [-0.39, 0.29) is 36.8 Å². The number of para-hydroxylation sites is 1. The third kappa shape index (κ3) is 7.86. The molecule has 3 aromatic carbocycles. The first-order valence-electron chi connectivity index (χ1n) is 15.1. The number of nitrogens with zero attached hydrogens (tertiary/aromatic N) is 4. The van der Waals surface area contributed by atoms with Crippen LogP contribution in [-0.2, 0) is 27.9 Å². The molecule has 1 aromatic heterocycles. The van der Waals surface area contributed by atoms with E-state index in [0.29, 0.717) is 28.9 Å². The summed E-state index contributed by atoms with van der Waals surface area (Å²) in [4.78, 5) is 47.9. The Labute approximate surface area is 262 Å². The second-order valence-electron chi connectivity index (χ2n) is 11.0. The van der Waals surface area contributed by atoms with Gasteiger partial charge >= 0.3 is 12.1 Å². The first-order valence-corrected chi connectivity index (χ1v) is 15.1. The van der Waals surface area contributed by atoms with Crippen LogP contribution in [0.4, 0.5) is 16.2 Å². The molecule has 1 aliphatic carbocycles. The van der Waals surface area contributed by atoms with Gasteiger partial charge in [-0.3, -0.25) is 9.59 Å². The largest absolute Gasteiger partial charge is 0.469 e. The molecule has 0 bridgehead atoms. The topological polar surface area (TPSA) is 141 Å². The highest BCUT2D eigenvalue weighted by Gasteiger charge is 2.21. The number of nitrogens with two attached hydrogens (primary N) is 1. The normalized spacial score (nSPS) is 13.8. The molecule has 1 aliphatic rings. The molecule has 3 N–H and O–H groups in total. The Balaban J connectivity index is 1.24. The van der Waals surface area contributed by atoms with Crippen LogP contribution >= 0.6 is 0 Å². The molecule has 0 spiro atoms. The number of ether oxygens (including phenoxy) is 2. The van der Waals surface area contributed by atoms with Crippen LogP contribution in [0, 0.1) is 0 Å². The Bertz CT molecular complexity index is 1680. The van der Waals surface area contributed by atoms with E-state index in [9.17, 15) is 14.4 Å². The van der Waals surface area contributed by atoms with E-state index in [2.05, 4.69) is 10.3 Å². The predicted octanol–water partition coefficient (Wildman–Crippen LogP) is 5.57. The Hall–Kier alpha value is -5.19. The molecule has 0 saturated heterocycles. The number of aromatic nitrogens is 2. The van der Waals surface area contributed by atoms with Gasteiger partial charge in [0, 0.05) is 36.1 Å². The maximum atomic E-state index is 13.6. The van der Waals surface area contributed by atoms with Gasteiger partial charge in [0.2, 0.25) is 0 Å². The number of rotatable bonds is 10. The average molecular weight is 611 g/mol. The van der Waals surface area contributed by atoms with E-state index in [0.717, 1.165) is 42.7 Å². The number of hydrogen-bond acceptors (Lipinski definition) is 7. The number of carbonyl (C=O) groups excluding carboxylic acids is 3. The summed E-state index contributed by atoms with van der Waals surface area (Å²) in [6.45, 7) is 0.617. The molecule has 0 atom stereocenters. The van der Waals surface area contributed by atoms with Gasteiger partial charge in [-0.15, -0.1) is 0 Å². The zero-order valence-corrected chi connectivity index (χ0v) is 25.6. The third-order valence-corrected chi connectivity index (χ3v) is 7.96. The van der Waals surface area contributed by atoms with E-state index in [1.807, 2.05) is 60.1 Å². The number of carbonyl (C=O) groups is 3. The Morgan fingerprint density at radius 3 is 2.42 bits per heavy atom. The second-order valence-corrected chi connectivity index (χ2v) is 11.0. The molecule has 4 aromatic rings. The molecule has 1 saturated carbocycles. The van der Waals surface area contributed by atoms with Gasteiger partial charge in [0.15, 0.2) is 0 Å². The molecular formula is C34H38N6O5. The fourth-order valence-corrected chi connectivity index (χ4v) is 5.41. The summed E-state index contributed by atoms with van der Waals surface area (Å²) in [5, 5.41) is 3.36. The second kappa shape index (κ2) is 14.5. The van der Waals surface area contributed by atoms with Crippen molar-refractivity contribution in [2.75, 3.05) is 23.9 Å². The lowest BCUT2D eigenvalue weighted by Gasteiger charge is -2.22. The summed E-state index contributed by atoms with van der Waals surface area (Å²) in [5.74, 6) is 0.263. The minimum atomic E-state index is -0.651. The number of esters is 1. The minimum absolute atomic E-state index is 0.0755. The molecule has 1 fully saturated rings. The van der Waals surface area contributed by atoms with Crippen molar-refractivity contribution in [1.29, 1.82) is 0 Å². The zero-order chi connectivity index (χ0) is 31.8. The Morgan fingerprint density at radius 2 is 1.71 bits per heavy atom. The highest BCUT2D eigenvalue weighted by atomic mass is 16.6. The smallest absolute Gasteiger partial charge is 0.435 e. The lowest BCUT2D eigenvalue weighted by Crippen LogP contribution is -2.33. The van der Waals surface area contributed by atoms with Crippen LogP contribution < -0.4 is 16.0 Å². The number of anilines is 2. The molecule has 0 radical (unpaired) electrons. The molecule has 0 unspecified atom stereocenters. The van der Waals surface area contributed by atoms with Crippen LogP contribution in [0.1, 0.15) is 60.3 Å². The number of fused-ring (bicyclic) bond motifs is 1. The molecule has 2 amide bonds. The average Bonchev–Trinajstić information content (AvgIpc) is 3.38. The van der Waals surface area contributed by atoms with E-state index in [1.54, 1.807) is 29.2 Å². The highest BCUT2D eigenvalue weighted by molar-refractivity contribution is 6.08. The van der Waals surface area contributed by atoms with Crippen molar-refractivity contribution >= 4 is 46.2 Å². The number of benzene rings is 3. The van der Waals surface area contributed by atoms with E-state index >= 15 is 0 Å². The predicted molar refractivity (Wildman–Crippen MR) is 173 cm³/mol. The summed E-state index contributed by atoms with van der Waals surface area (Å²) in [5.41, 5.74) is 10.2. The molecule has 45 heavy (non-hydrogen) atoms. The fourth-order valence-electron chi connectivity index (χ4n) is 5.41. The van der Waals surface area contributed by atoms with Gasteiger partial charge in [-0.25, -0.2) is 9.78 Å². The van der Waals surface area contributed by atoms with Gasteiger partial charge in [-0.1, -0.05) is 24.6 Å². The van der Waals surface area contributed by atoms with Gasteiger partial charge in [-0.05, 0) is 80.3 Å². The standard InChI is InChI=1S/C34H38N6O5/c1-39-29-18-15-24(33(42)40(20-19-31(41)44-2)26-9-5-3-6-10-26)21-28(29)37-30(39)22-36-25-16-13-23(14-17-25)32(35)38-34(43)45-27-11-7-4-8-12-27/h3,5-6,9-10,13-18,21,27,36H,4,7-8,11-12,19-20,22H2,1-2H3,(H2,35,38,43). The SMILES string of the molecule is COC(=O)CCN(C(=O)c1ccc2c(c1)nc(CNc1ccc(/C(N)=N\C(=O)OC3CCCCC3)cc1)n2C)c1ccccc1. The molecule has 11 nitrogen and oxygen atoms in total. The van der Waals surface area contributed by atoms with Crippen molar-refractivity contribution in [2.24, 2.45) is 17.8 Å². The molecule has 1 heterocycles. The van der Waals surface area contributed by atoms with Gasteiger partial charge in [0.25, 0.3) is 5.91 Å². The molecule has 0 aliphatic heterocycles. The Morgan fingerprint density at radius 1 is 1.00 bits per heavy atom. The van der Waals surface area contributed by atoms with Crippen molar-refractivity contribution in [1.82, 2.24) is 9.55 Å².